The van der Waals surface area contributed by atoms with E-state index < -0.39 is 40.5 Å². The molecule has 0 amide bonds. The molecule has 5 rings (SSSR count). The summed E-state index contributed by atoms with van der Waals surface area (Å²) in [5.74, 6) is -1.28. The molecular weight excluding hydrogens is 396 g/mol. The number of hydrogen-bond acceptors (Lipinski definition) is 7. The van der Waals surface area contributed by atoms with Gasteiger partial charge in [-0.1, -0.05) is 37.3 Å². The molecule has 1 N–H and O–H groups in total. The maximum atomic E-state index is 13.4. The van der Waals surface area contributed by atoms with Gasteiger partial charge in [-0.05, 0) is 31.0 Å². The second-order valence-electron chi connectivity index (χ2n) is 9.39. The van der Waals surface area contributed by atoms with Crippen LogP contribution in [-0.4, -0.2) is 73.0 Å². The number of methoxy groups -OCH3 is 1. The van der Waals surface area contributed by atoms with Crippen LogP contribution >= 0.6 is 0 Å². The molecule has 1 spiro atoms. The number of esters is 2. The highest BCUT2D eigenvalue weighted by atomic mass is 16.6. The topological polar surface area (TPSA) is 79.3 Å². The minimum absolute atomic E-state index is 0.0135. The van der Waals surface area contributed by atoms with Crippen LogP contribution in [0.25, 0.3) is 0 Å². The van der Waals surface area contributed by atoms with E-state index >= 15 is 0 Å². The van der Waals surface area contributed by atoms with E-state index in [4.69, 9.17) is 9.47 Å². The molecule has 1 saturated carbocycles. The molecule has 7 heteroatoms. The Bertz CT molecular complexity index is 978. The number of rotatable bonds is 3. The summed E-state index contributed by atoms with van der Waals surface area (Å²) in [6.07, 6.45) is 4.52. The molecular formula is C24H30N2O5. The fraction of sp³-hybridized carbons (Fsp3) is 0.583. The van der Waals surface area contributed by atoms with E-state index in [1.807, 2.05) is 37.1 Å². The van der Waals surface area contributed by atoms with Crippen molar-refractivity contribution in [2.75, 3.05) is 32.1 Å². The molecule has 1 saturated heterocycles. The van der Waals surface area contributed by atoms with Gasteiger partial charge in [-0.2, -0.15) is 0 Å². The Morgan fingerprint density at radius 1 is 1.26 bits per heavy atom. The molecule has 1 aromatic carbocycles. The maximum absolute atomic E-state index is 13.4. The first-order valence-corrected chi connectivity index (χ1v) is 11.0. The van der Waals surface area contributed by atoms with E-state index in [1.54, 1.807) is 0 Å². The Morgan fingerprint density at radius 3 is 2.68 bits per heavy atom. The molecule has 1 unspecified atom stereocenters. The minimum Gasteiger partial charge on any atom is -0.467 e. The first-order valence-electron chi connectivity index (χ1n) is 11.0. The molecule has 0 radical (unpaired) electrons. The minimum atomic E-state index is -2.03. The Hall–Kier alpha value is -2.38. The van der Waals surface area contributed by atoms with Gasteiger partial charge in [0.1, 0.15) is 0 Å². The van der Waals surface area contributed by atoms with Gasteiger partial charge in [0.15, 0.2) is 6.10 Å². The van der Waals surface area contributed by atoms with Gasteiger partial charge in [0.2, 0.25) is 5.60 Å². The van der Waals surface area contributed by atoms with Crippen molar-refractivity contribution in [2.45, 2.75) is 55.9 Å². The molecule has 3 aliphatic heterocycles. The van der Waals surface area contributed by atoms with E-state index in [9.17, 15) is 14.7 Å². The van der Waals surface area contributed by atoms with Crippen molar-refractivity contribution in [3.63, 3.8) is 0 Å². The van der Waals surface area contributed by atoms with Crippen LogP contribution in [0.1, 0.15) is 32.3 Å². The largest absolute Gasteiger partial charge is 0.467 e. The first-order chi connectivity index (χ1) is 14.8. The molecule has 1 aromatic rings. The van der Waals surface area contributed by atoms with Crippen molar-refractivity contribution in [1.29, 1.82) is 0 Å². The molecule has 31 heavy (non-hydrogen) atoms. The highest BCUT2D eigenvalue weighted by molar-refractivity contribution is 5.86. The number of benzene rings is 1. The molecule has 6 atom stereocenters. The molecule has 0 aromatic heterocycles. The summed E-state index contributed by atoms with van der Waals surface area (Å²) in [5, 5.41) is 12.4. The van der Waals surface area contributed by atoms with Gasteiger partial charge in [-0.25, -0.2) is 4.79 Å². The van der Waals surface area contributed by atoms with Crippen molar-refractivity contribution >= 4 is 17.6 Å². The maximum Gasteiger partial charge on any atom is 0.344 e. The fourth-order valence-electron chi connectivity index (χ4n) is 7.53. The molecule has 4 aliphatic rings. The average Bonchev–Trinajstić information content (AvgIpc) is 3.28. The van der Waals surface area contributed by atoms with Crippen LogP contribution in [0, 0.1) is 5.41 Å². The Morgan fingerprint density at radius 2 is 2.00 bits per heavy atom. The summed E-state index contributed by atoms with van der Waals surface area (Å²) < 4.78 is 11.1. The predicted molar refractivity (Wildman–Crippen MR) is 115 cm³/mol. The van der Waals surface area contributed by atoms with Crippen molar-refractivity contribution in [3.05, 3.63) is 42.0 Å². The number of carbonyl (C=O) groups is 2. The van der Waals surface area contributed by atoms with E-state index in [0.717, 1.165) is 30.8 Å². The molecule has 166 valence electrons. The summed E-state index contributed by atoms with van der Waals surface area (Å²) in [6, 6.07) is 7.53. The zero-order valence-corrected chi connectivity index (χ0v) is 18.5. The number of fused-ring (bicyclic) bond motifs is 1. The number of nitrogens with zero attached hydrogens (tertiary/aromatic N) is 2. The lowest BCUT2D eigenvalue weighted by atomic mass is 9.47. The van der Waals surface area contributed by atoms with Gasteiger partial charge in [0.25, 0.3) is 0 Å². The summed E-state index contributed by atoms with van der Waals surface area (Å²) in [4.78, 5) is 30.1. The lowest BCUT2D eigenvalue weighted by molar-refractivity contribution is -0.228. The van der Waals surface area contributed by atoms with E-state index in [-0.39, 0.29) is 6.04 Å². The third kappa shape index (κ3) is 2.21. The average molecular weight is 427 g/mol. The van der Waals surface area contributed by atoms with Gasteiger partial charge < -0.3 is 19.5 Å². The summed E-state index contributed by atoms with van der Waals surface area (Å²) in [5.41, 5.74) is -1.10. The van der Waals surface area contributed by atoms with Gasteiger partial charge >= 0.3 is 11.9 Å². The van der Waals surface area contributed by atoms with Crippen molar-refractivity contribution in [2.24, 2.45) is 5.41 Å². The molecule has 1 aliphatic carbocycles. The zero-order valence-electron chi connectivity index (χ0n) is 18.5. The van der Waals surface area contributed by atoms with Crippen molar-refractivity contribution < 1.29 is 24.2 Å². The Kier molecular flexibility index (Phi) is 4.34. The second-order valence-corrected chi connectivity index (χ2v) is 9.39. The number of anilines is 1. The number of para-hydroxylation sites is 1. The van der Waals surface area contributed by atoms with Crippen LogP contribution in [0.3, 0.4) is 0 Å². The van der Waals surface area contributed by atoms with Crippen molar-refractivity contribution in [1.82, 2.24) is 4.90 Å². The van der Waals surface area contributed by atoms with Gasteiger partial charge in [-0.15, -0.1) is 0 Å². The van der Waals surface area contributed by atoms with Crippen LogP contribution in [-0.2, 0) is 24.5 Å². The Labute approximate surface area is 182 Å². The fourth-order valence-corrected chi connectivity index (χ4v) is 7.53. The monoisotopic (exact) mass is 426 g/mol. The zero-order chi connectivity index (χ0) is 22.2. The highest BCUT2D eigenvalue weighted by Crippen LogP contribution is 2.67. The Balaban J connectivity index is 1.87. The quantitative estimate of drug-likeness (QED) is 0.581. The standard InChI is InChI=1S/C24H30N2O5/c1-5-22-11-8-13-26-14-12-23(18(22)26)16-9-6-7-10-17(16)25(3)19(23)24(29,21(28)30-4)20(22)31-15(2)27/h6-11,18-20,29H,5,12-14H2,1-4H3/t18-,19?,20-,22-,23+,24+/m1/s1. The molecule has 3 heterocycles. The normalized spacial score (nSPS) is 40.2. The van der Waals surface area contributed by atoms with Crippen LogP contribution in [0.5, 0.6) is 0 Å². The van der Waals surface area contributed by atoms with E-state index in [2.05, 4.69) is 23.1 Å². The molecule has 2 fully saturated rings. The smallest absolute Gasteiger partial charge is 0.344 e. The SMILES string of the molecule is CC[C@]12C=CCN3CC[C@]4(c5ccccc5N(C)C4[C@@](O)(C(=O)OC)[C@@H]1OC(C)=O)[C@H]32. The number of hydrogen-bond donors (Lipinski definition) is 1. The van der Waals surface area contributed by atoms with Gasteiger partial charge in [0, 0.05) is 43.1 Å². The lowest BCUT2D eigenvalue weighted by Gasteiger charge is -2.63. The molecule has 0 bridgehead atoms. The van der Waals surface area contributed by atoms with Crippen LogP contribution < -0.4 is 4.90 Å². The van der Waals surface area contributed by atoms with Gasteiger partial charge in [0.05, 0.1) is 13.2 Å². The lowest BCUT2D eigenvalue weighted by Crippen LogP contribution is -2.81. The summed E-state index contributed by atoms with van der Waals surface area (Å²) >= 11 is 0. The summed E-state index contributed by atoms with van der Waals surface area (Å²) in [7, 11) is 3.19. The van der Waals surface area contributed by atoms with E-state index in [0.29, 0.717) is 6.42 Å². The first kappa shape index (κ1) is 20.5. The summed E-state index contributed by atoms with van der Waals surface area (Å²) in [6.45, 7) is 5.02. The van der Waals surface area contributed by atoms with Crippen LogP contribution in [0.2, 0.25) is 0 Å². The molecule has 7 nitrogen and oxygen atoms in total. The number of likely N-dealkylation sites (N-methyl/N-ethyl adjacent to an activating group) is 1. The van der Waals surface area contributed by atoms with Crippen molar-refractivity contribution in [3.8, 4) is 0 Å². The van der Waals surface area contributed by atoms with E-state index in [1.165, 1.54) is 14.0 Å². The third-order valence-corrected chi connectivity index (χ3v) is 8.32. The van der Waals surface area contributed by atoms with Gasteiger partial charge in [-0.3, -0.25) is 9.69 Å². The van der Waals surface area contributed by atoms with Crippen LogP contribution in [0.4, 0.5) is 5.69 Å². The third-order valence-electron chi connectivity index (χ3n) is 8.32. The second kappa shape index (κ2) is 6.56. The predicted octanol–water partition coefficient (Wildman–Crippen LogP) is 1.63. The highest BCUT2D eigenvalue weighted by Gasteiger charge is 2.80. The number of carbonyl (C=O) groups excluding carboxylic acids is 2. The van der Waals surface area contributed by atoms with Crippen LogP contribution in [0.15, 0.2) is 36.4 Å². The number of ether oxygens (including phenoxy) is 2. The number of aliphatic hydroxyl groups is 1.